The number of carbonyl (C=O) groups excluding carboxylic acids is 1. The molecule has 5 heteroatoms. The van der Waals surface area contributed by atoms with Crippen LogP contribution >= 0.6 is 0 Å². The average Bonchev–Trinajstić information content (AvgIpc) is 3.04. The number of rotatable bonds is 3. The highest BCUT2D eigenvalue weighted by Gasteiger charge is 2.26. The van der Waals surface area contributed by atoms with Crippen molar-refractivity contribution in [3.63, 3.8) is 0 Å². The van der Waals surface area contributed by atoms with Crippen molar-refractivity contribution in [2.75, 3.05) is 0 Å². The number of carbonyl (C=O) groups is 1. The summed E-state index contributed by atoms with van der Waals surface area (Å²) in [5.74, 6) is -0.123. The van der Waals surface area contributed by atoms with E-state index in [1.807, 2.05) is 12.1 Å². The first-order valence-electron chi connectivity index (χ1n) is 5.65. The highest BCUT2D eigenvalue weighted by atomic mass is 16.2. The highest BCUT2D eigenvalue weighted by Crippen LogP contribution is 2.22. The normalized spacial score (nSPS) is 22.4. The number of hydrogen-bond donors (Lipinski definition) is 1. The molecule has 1 aliphatic heterocycles. The second-order valence-corrected chi connectivity index (χ2v) is 4.20. The molecule has 1 unspecified atom stereocenters. The van der Waals surface area contributed by atoms with Gasteiger partial charge in [0.25, 0.3) is 5.91 Å². The molecule has 1 N–H and O–H groups in total. The Bertz CT molecular complexity index is 490. The third kappa shape index (κ3) is 2.22. The second kappa shape index (κ2) is 4.08. The van der Waals surface area contributed by atoms with Crippen LogP contribution < -0.4 is 5.32 Å². The topological polar surface area (TPSA) is 66.7 Å². The highest BCUT2D eigenvalue weighted by molar-refractivity contribution is 6.61. The fourth-order valence-electron chi connectivity index (χ4n) is 1.63. The van der Waals surface area contributed by atoms with E-state index >= 15 is 0 Å². The van der Waals surface area contributed by atoms with Gasteiger partial charge in [0.1, 0.15) is 5.71 Å². The lowest BCUT2D eigenvalue weighted by Crippen LogP contribution is -2.32. The summed E-state index contributed by atoms with van der Waals surface area (Å²) in [5, 5.41) is 2.89. The third-order valence-electron chi connectivity index (χ3n) is 2.73. The molecule has 1 fully saturated rings. The Morgan fingerprint density at radius 2 is 2.29 bits per heavy atom. The van der Waals surface area contributed by atoms with E-state index in [0.717, 1.165) is 18.4 Å². The summed E-state index contributed by atoms with van der Waals surface area (Å²) < 4.78 is 0. The van der Waals surface area contributed by atoms with Crippen molar-refractivity contribution in [2.24, 2.45) is 9.98 Å². The van der Waals surface area contributed by atoms with Gasteiger partial charge >= 0.3 is 0 Å². The van der Waals surface area contributed by atoms with Crippen LogP contribution in [-0.2, 0) is 4.79 Å². The van der Waals surface area contributed by atoms with Crippen LogP contribution in [0.1, 0.15) is 24.6 Å². The summed E-state index contributed by atoms with van der Waals surface area (Å²) >= 11 is 0. The summed E-state index contributed by atoms with van der Waals surface area (Å²) in [6.07, 6.45) is 6.78. The van der Waals surface area contributed by atoms with E-state index in [4.69, 9.17) is 0 Å². The Kier molecular flexibility index (Phi) is 2.44. The fraction of sp³-hybridized carbons (Fsp3) is 0.333. The minimum Gasteiger partial charge on any atom is -0.348 e. The van der Waals surface area contributed by atoms with Crippen LogP contribution in [0.3, 0.4) is 0 Å². The van der Waals surface area contributed by atoms with Gasteiger partial charge in [-0.15, -0.1) is 0 Å². The van der Waals surface area contributed by atoms with Crippen molar-refractivity contribution in [1.29, 1.82) is 0 Å². The summed E-state index contributed by atoms with van der Waals surface area (Å²) in [7, 11) is 0. The number of aromatic nitrogens is 1. The second-order valence-electron chi connectivity index (χ2n) is 4.20. The number of nitrogens with zero attached hydrogens (tertiary/aromatic N) is 3. The molecule has 3 rings (SSSR count). The zero-order chi connectivity index (χ0) is 11.7. The van der Waals surface area contributed by atoms with Crippen molar-refractivity contribution in [1.82, 2.24) is 10.3 Å². The fourth-order valence-corrected chi connectivity index (χ4v) is 1.63. The number of pyridine rings is 1. The monoisotopic (exact) mass is 228 g/mol. The van der Waals surface area contributed by atoms with Crippen molar-refractivity contribution in [3.8, 4) is 0 Å². The number of hydrogen-bond acceptors (Lipinski definition) is 4. The zero-order valence-electron chi connectivity index (χ0n) is 9.21. The Hall–Kier alpha value is -2.04. The number of nitrogens with one attached hydrogen (secondary N) is 1. The Balaban J connectivity index is 1.72. The first-order chi connectivity index (χ1) is 8.33. The molecular formula is C12H12N4O. The summed E-state index contributed by atoms with van der Waals surface area (Å²) in [5.41, 5.74) is 1.31. The van der Waals surface area contributed by atoms with Gasteiger partial charge in [-0.25, -0.2) is 4.99 Å². The molecule has 2 aliphatic rings. The SMILES string of the molecule is O=C(NC1CC1)C1=NC(c2cccnc2)N=C1. The zero-order valence-corrected chi connectivity index (χ0v) is 9.21. The van der Waals surface area contributed by atoms with Gasteiger partial charge in [-0.1, -0.05) is 6.07 Å². The Morgan fingerprint density at radius 1 is 1.41 bits per heavy atom. The van der Waals surface area contributed by atoms with Crippen molar-refractivity contribution < 1.29 is 4.79 Å². The van der Waals surface area contributed by atoms with E-state index in [2.05, 4.69) is 20.3 Å². The molecule has 0 aromatic carbocycles. The molecule has 1 aliphatic carbocycles. The third-order valence-corrected chi connectivity index (χ3v) is 2.73. The van der Waals surface area contributed by atoms with Crippen molar-refractivity contribution >= 4 is 17.8 Å². The van der Waals surface area contributed by atoms with Gasteiger partial charge in [-0.05, 0) is 18.9 Å². The summed E-state index contributed by atoms with van der Waals surface area (Å²) in [6, 6.07) is 4.08. The molecule has 86 valence electrons. The van der Waals surface area contributed by atoms with Crippen LogP contribution in [0.4, 0.5) is 0 Å². The van der Waals surface area contributed by atoms with Crippen LogP contribution in [-0.4, -0.2) is 28.9 Å². The van der Waals surface area contributed by atoms with E-state index in [1.165, 1.54) is 6.21 Å². The molecule has 0 spiro atoms. The smallest absolute Gasteiger partial charge is 0.271 e. The van der Waals surface area contributed by atoms with Crippen LogP contribution in [0.2, 0.25) is 0 Å². The van der Waals surface area contributed by atoms with Crippen LogP contribution in [0, 0.1) is 0 Å². The van der Waals surface area contributed by atoms with Gasteiger partial charge in [0, 0.05) is 24.0 Å². The van der Waals surface area contributed by atoms with Crippen molar-refractivity contribution in [2.45, 2.75) is 25.0 Å². The molecule has 0 bridgehead atoms. The average molecular weight is 228 g/mol. The molecule has 17 heavy (non-hydrogen) atoms. The van der Waals surface area contributed by atoms with Gasteiger partial charge < -0.3 is 5.32 Å². The Morgan fingerprint density at radius 3 is 3.00 bits per heavy atom. The number of aliphatic imine (C=N–C) groups is 2. The lowest BCUT2D eigenvalue weighted by atomic mass is 10.2. The first kappa shape index (κ1) is 10.1. The molecule has 1 aromatic rings. The summed E-state index contributed by atoms with van der Waals surface area (Å²) in [6.45, 7) is 0. The van der Waals surface area contributed by atoms with Gasteiger partial charge in [0.2, 0.25) is 0 Å². The molecule has 1 saturated carbocycles. The first-order valence-corrected chi connectivity index (χ1v) is 5.65. The van der Waals surface area contributed by atoms with E-state index in [-0.39, 0.29) is 12.1 Å². The molecule has 2 heterocycles. The van der Waals surface area contributed by atoms with Gasteiger partial charge in [0.05, 0.1) is 6.21 Å². The largest absolute Gasteiger partial charge is 0.348 e. The molecule has 1 amide bonds. The van der Waals surface area contributed by atoms with Gasteiger partial charge in [0.15, 0.2) is 6.17 Å². The van der Waals surface area contributed by atoms with Crippen LogP contribution in [0.15, 0.2) is 34.5 Å². The van der Waals surface area contributed by atoms with E-state index in [9.17, 15) is 4.79 Å². The molecular weight excluding hydrogens is 216 g/mol. The van der Waals surface area contributed by atoms with Gasteiger partial charge in [-0.2, -0.15) is 0 Å². The maximum absolute atomic E-state index is 11.7. The van der Waals surface area contributed by atoms with Gasteiger partial charge in [-0.3, -0.25) is 14.8 Å². The minimum atomic E-state index is -0.316. The molecule has 5 nitrogen and oxygen atoms in total. The lowest BCUT2D eigenvalue weighted by molar-refractivity contribution is -0.114. The standard InChI is InChI=1S/C12H12N4O/c17-12(15-9-3-4-9)10-7-14-11(16-10)8-2-1-5-13-6-8/h1-2,5-7,9,11H,3-4H2,(H,15,17). The maximum Gasteiger partial charge on any atom is 0.271 e. The predicted octanol–water partition coefficient (Wildman–Crippen LogP) is 0.884. The minimum absolute atomic E-state index is 0.123. The van der Waals surface area contributed by atoms with E-state index in [1.54, 1.807) is 12.4 Å². The van der Waals surface area contributed by atoms with Crippen LogP contribution in [0.5, 0.6) is 0 Å². The van der Waals surface area contributed by atoms with E-state index in [0.29, 0.717) is 11.8 Å². The molecule has 0 radical (unpaired) electrons. The maximum atomic E-state index is 11.7. The molecule has 0 saturated heterocycles. The van der Waals surface area contributed by atoms with Crippen molar-refractivity contribution in [3.05, 3.63) is 30.1 Å². The predicted molar refractivity (Wildman–Crippen MR) is 64.1 cm³/mol. The quantitative estimate of drug-likeness (QED) is 0.834. The number of amides is 1. The molecule has 1 atom stereocenters. The molecule has 1 aromatic heterocycles. The lowest BCUT2D eigenvalue weighted by Gasteiger charge is -2.03. The Labute approximate surface area is 98.7 Å². The summed E-state index contributed by atoms with van der Waals surface area (Å²) in [4.78, 5) is 24.2. The van der Waals surface area contributed by atoms with Crippen LogP contribution in [0.25, 0.3) is 0 Å². The van der Waals surface area contributed by atoms with E-state index < -0.39 is 0 Å².